The van der Waals surface area contributed by atoms with Crippen LogP contribution in [0.2, 0.25) is 0 Å². The molecule has 2 rings (SSSR count). The monoisotopic (exact) mass is 301 g/mol. The number of phenolic OH excluding ortho intramolecular Hbond substituents is 1. The van der Waals surface area contributed by atoms with Crippen LogP contribution in [0.5, 0.6) is 5.75 Å². The number of hydrogen-bond donors (Lipinski definition) is 2. The summed E-state index contributed by atoms with van der Waals surface area (Å²) in [5.41, 5.74) is 6.51. The molecule has 0 radical (unpaired) electrons. The van der Waals surface area contributed by atoms with Crippen molar-refractivity contribution in [1.29, 1.82) is 0 Å². The van der Waals surface area contributed by atoms with Crippen molar-refractivity contribution in [3.05, 3.63) is 28.0 Å². The minimum absolute atomic E-state index is 0.0260. The van der Waals surface area contributed by atoms with Gasteiger partial charge in [0.15, 0.2) is 0 Å². The standard InChI is InChI=1S/C13H17BrFNO/c14-10-6-9(12(17)7-11(10)15)13(8-16)4-2-1-3-5-13/h6-7,17H,1-5,8,16H2. The molecule has 2 nitrogen and oxygen atoms in total. The van der Waals surface area contributed by atoms with Crippen LogP contribution < -0.4 is 5.73 Å². The Morgan fingerprint density at radius 1 is 1.29 bits per heavy atom. The molecule has 0 unspecified atom stereocenters. The van der Waals surface area contributed by atoms with Crippen LogP contribution in [0.15, 0.2) is 16.6 Å². The summed E-state index contributed by atoms with van der Waals surface area (Å²) in [6.07, 6.45) is 5.38. The Morgan fingerprint density at radius 3 is 2.53 bits per heavy atom. The van der Waals surface area contributed by atoms with Crippen molar-refractivity contribution in [1.82, 2.24) is 0 Å². The number of hydrogen-bond acceptors (Lipinski definition) is 2. The molecule has 1 saturated carbocycles. The largest absolute Gasteiger partial charge is 0.508 e. The number of nitrogens with two attached hydrogens (primary N) is 1. The van der Waals surface area contributed by atoms with Gasteiger partial charge in [-0.3, -0.25) is 0 Å². The molecule has 3 N–H and O–H groups in total. The number of halogens is 2. The van der Waals surface area contributed by atoms with E-state index in [2.05, 4.69) is 15.9 Å². The lowest BCUT2D eigenvalue weighted by molar-refractivity contribution is 0.290. The van der Waals surface area contributed by atoms with Crippen LogP contribution in [0.4, 0.5) is 4.39 Å². The van der Waals surface area contributed by atoms with Gasteiger partial charge >= 0.3 is 0 Å². The Labute approximate surface area is 109 Å². The summed E-state index contributed by atoms with van der Waals surface area (Å²) in [5, 5.41) is 9.95. The van der Waals surface area contributed by atoms with Crippen molar-refractivity contribution in [3.63, 3.8) is 0 Å². The molecule has 1 aromatic carbocycles. The Hall–Kier alpha value is -0.610. The maximum Gasteiger partial charge on any atom is 0.141 e. The van der Waals surface area contributed by atoms with Crippen LogP contribution in [0, 0.1) is 5.82 Å². The average Bonchev–Trinajstić information content (AvgIpc) is 2.34. The lowest BCUT2D eigenvalue weighted by atomic mass is 9.69. The normalized spacial score (nSPS) is 19.2. The summed E-state index contributed by atoms with van der Waals surface area (Å²) in [6, 6.07) is 2.86. The average molecular weight is 302 g/mol. The molecule has 0 atom stereocenters. The molecule has 1 aliphatic rings. The maximum atomic E-state index is 13.3. The fourth-order valence-electron chi connectivity index (χ4n) is 2.77. The van der Waals surface area contributed by atoms with E-state index in [1.54, 1.807) is 6.07 Å². The smallest absolute Gasteiger partial charge is 0.141 e. The van der Waals surface area contributed by atoms with E-state index in [0.29, 0.717) is 11.0 Å². The van der Waals surface area contributed by atoms with Gasteiger partial charge in [-0.15, -0.1) is 0 Å². The van der Waals surface area contributed by atoms with Crippen LogP contribution >= 0.6 is 15.9 Å². The van der Waals surface area contributed by atoms with Crippen LogP contribution in [-0.2, 0) is 5.41 Å². The molecule has 0 spiro atoms. The van der Waals surface area contributed by atoms with E-state index in [0.717, 1.165) is 31.2 Å². The predicted octanol–water partition coefficient (Wildman–Crippen LogP) is 3.45. The van der Waals surface area contributed by atoms with E-state index in [1.165, 1.54) is 12.5 Å². The molecule has 1 aliphatic carbocycles. The number of rotatable bonds is 2. The molecule has 17 heavy (non-hydrogen) atoms. The molecular formula is C13H17BrFNO. The molecule has 0 saturated heterocycles. The molecule has 1 aromatic rings. The summed E-state index contributed by atoms with van der Waals surface area (Å²) >= 11 is 3.17. The highest BCUT2D eigenvalue weighted by Gasteiger charge is 2.35. The van der Waals surface area contributed by atoms with Gasteiger partial charge in [0.05, 0.1) is 4.47 Å². The Kier molecular flexibility index (Phi) is 3.73. The van der Waals surface area contributed by atoms with Crippen LogP contribution in [-0.4, -0.2) is 11.7 Å². The van der Waals surface area contributed by atoms with Gasteiger partial charge in [-0.1, -0.05) is 19.3 Å². The van der Waals surface area contributed by atoms with Gasteiger partial charge in [0.2, 0.25) is 0 Å². The van der Waals surface area contributed by atoms with Crippen molar-refractivity contribution in [3.8, 4) is 5.75 Å². The molecule has 94 valence electrons. The van der Waals surface area contributed by atoms with Crippen LogP contribution in [0.3, 0.4) is 0 Å². The topological polar surface area (TPSA) is 46.2 Å². The van der Waals surface area contributed by atoms with E-state index in [-0.39, 0.29) is 11.2 Å². The molecule has 0 bridgehead atoms. The van der Waals surface area contributed by atoms with Gasteiger partial charge in [0, 0.05) is 23.6 Å². The molecule has 0 heterocycles. The lowest BCUT2D eigenvalue weighted by Crippen LogP contribution is -2.37. The minimum atomic E-state index is -0.436. The first-order chi connectivity index (χ1) is 8.09. The van der Waals surface area contributed by atoms with E-state index < -0.39 is 5.82 Å². The van der Waals surface area contributed by atoms with Gasteiger partial charge < -0.3 is 10.8 Å². The SMILES string of the molecule is NCC1(c2cc(Br)c(F)cc2O)CCCCC1. The first kappa shape index (κ1) is 12.8. The quantitative estimate of drug-likeness (QED) is 0.879. The van der Waals surface area contributed by atoms with E-state index in [4.69, 9.17) is 5.73 Å². The molecular weight excluding hydrogens is 285 g/mol. The highest BCUT2D eigenvalue weighted by atomic mass is 79.9. The number of phenols is 1. The summed E-state index contributed by atoms with van der Waals surface area (Å²) in [6.45, 7) is 0.499. The number of benzene rings is 1. The van der Waals surface area contributed by atoms with Gasteiger partial charge in [-0.2, -0.15) is 0 Å². The zero-order chi connectivity index (χ0) is 12.5. The third-order valence-electron chi connectivity index (χ3n) is 3.81. The third kappa shape index (κ3) is 2.33. The highest BCUT2D eigenvalue weighted by molar-refractivity contribution is 9.10. The highest BCUT2D eigenvalue weighted by Crippen LogP contribution is 2.43. The van der Waals surface area contributed by atoms with E-state index in [9.17, 15) is 9.50 Å². The second kappa shape index (κ2) is 4.94. The zero-order valence-electron chi connectivity index (χ0n) is 9.68. The first-order valence-electron chi connectivity index (χ1n) is 5.98. The van der Waals surface area contributed by atoms with Crippen LogP contribution in [0.25, 0.3) is 0 Å². The first-order valence-corrected chi connectivity index (χ1v) is 6.77. The number of aromatic hydroxyl groups is 1. The van der Waals surface area contributed by atoms with Crippen LogP contribution in [0.1, 0.15) is 37.7 Å². The van der Waals surface area contributed by atoms with Gasteiger partial charge in [0.25, 0.3) is 0 Å². The van der Waals surface area contributed by atoms with Crippen molar-refractivity contribution < 1.29 is 9.50 Å². The molecule has 0 aliphatic heterocycles. The Bertz CT molecular complexity index is 416. The minimum Gasteiger partial charge on any atom is -0.508 e. The van der Waals surface area contributed by atoms with Crippen molar-refractivity contribution in [2.24, 2.45) is 5.73 Å². The summed E-state index contributed by atoms with van der Waals surface area (Å²) in [4.78, 5) is 0. The molecule has 0 amide bonds. The van der Waals surface area contributed by atoms with Gasteiger partial charge in [0.1, 0.15) is 11.6 Å². The van der Waals surface area contributed by atoms with Crippen molar-refractivity contribution in [2.75, 3.05) is 6.54 Å². The summed E-state index contributed by atoms with van der Waals surface area (Å²) in [7, 11) is 0. The third-order valence-corrected chi connectivity index (χ3v) is 4.42. The summed E-state index contributed by atoms with van der Waals surface area (Å²) in [5.74, 6) is -0.410. The Morgan fingerprint density at radius 2 is 1.94 bits per heavy atom. The van der Waals surface area contributed by atoms with E-state index >= 15 is 0 Å². The maximum absolute atomic E-state index is 13.3. The fraction of sp³-hybridized carbons (Fsp3) is 0.538. The fourth-order valence-corrected chi connectivity index (χ4v) is 3.12. The van der Waals surface area contributed by atoms with Gasteiger partial charge in [-0.25, -0.2) is 4.39 Å². The molecule has 1 fully saturated rings. The van der Waals surface area contributed by atoms with Crippen molar-refractivity contribution in [2.45, 2.75) is 37.5 Å². The van der Waals surface area contributed by atoms with Gasteiger partial charge in [-0.05, 0) is 34.8 Å². The molecule has 4 heteroatoms. The lowest BCUT2D eigenvalue weighted by Gasteiger charge is -2.37. The van der Waals surface area contributed by atoms with E-state index in [1.807, 2.05) is 0 Å². The molecule has 0 aromatic heterocycles. The second-order valence-electron chi connectivity index (χ2n) is 4.83. The zero-order valence-corrected chi connectivity index (χ0v) is 11.3. The second-order valence-corrected chi connectivity index (χ2v) is 5.68. The Balaban J connectivity index is 2.46. The predicted molar refractivity (Wildman–Crippen MR) is 69.6 cm³/mol. The van der Waals surface area contributed by atoms with Crippen molar-refractivity contribution >= 4 is 15.9 Å². The summed E-state index contributed by atoms with van der Waals surface area (Å²) < 4.78 is 13.7.